The van der Waals surface area contributed by atoms with Crippen LogP contribution in [-0.4, -0.2) is 41.0 Å². The van der Waals surface area contributed by atoms with Gasteiger partial charge in [-0.1, -0.05) is 12.1 Å². The van der Waals surface area contributed by atoms with Gasteiger partial charge in [-0.25, -0.2) is 4.98 Å². The molecule has 0 radical (unpaired) electrons. The number of benzene rings is 1. The molecule has 1 aromatic heterocycles. The quantitative estimate of drug-likeness (QED) is 0.922. The second-order valence-corrected chi connectivity index (χ2v) is 7.86. The first-order chi connectivity index (χ1) is 12.2. The van der Waals surface area contributed by atoms with Gasteiger partial charge in [0.15, 0.2) is 0 Å². The summed E-state index contributed by atoms with van der Waals surface area (Å²) in [6.07, 6.45) is 4.00. The number of aromatic nitrogens is 1. The van der Waals surface area contributed by atoms with Crippen LogP contribution < -0.4 is 5.32 Å². The van der Waals surface area contributed by atoms with Gasteiger partial charge in [-0.2, -0.15) is 5.26 Å². The lowest BCUT2D eigenvalue weighted by molar-refractivity contribution is 0.0218. The zero-order chi connectivity index (χ0) is 17.4. The number of nitrogens with zero attached hydrogens (tertiary/aromatic N) is 3. The van der Waals surface area contributed by atoms with Crippen LogP contribution >= 0.6 is 11.3 Å². The number of hydrogen-bond acceptors (Lipinski definition) is 5. The smallest absolute Gasteiger partial charge is 0.263 e. The van der Waals surface area contributed by atoms with Crippen LogP contribution in [0.15, 0.2) is 30.5 Å². The van der Waals surface area contributed by atoms with Crippen molar-refractivity contribution in [3.05, 3.63) is 40.9 Å². The van der Waals surface area contributed by atoms with E-state index in [4.69, 9.17) is 5.26 Å². The molecule has 3 aliphatic heterocycles. The summed E-state index contributed by atoms with van der Waals surface area (Å²) >= 11 is 1.40. The van der Waals surface area contributed by atoms with E-state index < -0.39 is 0 Å². The maximum absolute atomic E-state index is 12.7. The van der Waals surface area contributed by atoms with Crippen LogP contribution in [0.3, 0.4) is 0 Å². The Hall–Kier alpha value is -2.23. The van der Waals surface area contributed by atoms with Crippen LogP contribution in [0.4, 0.5) is 0 Å². The van der Waals surface area contributed by atoms with Crippen LogP contribution in [0, 0.1) is 17.2 Å². The third-order valence-corrected chi connectivity index (χ3v) is 6.51. The number of amides is 1. The van der Waals surface area contributed by atoms with Crippen molar-refractivity contribution in [2.45, 2.75) is 31.8 Å². The summed E-state index contributed by atoms with van der Waals surface area (Å²) in [5.74, 6) is 0.567. The standard InChI is InChI=1S/C19H20N4OS/c1-12-17(14-6-8-23(12)9-7-14)22-18(24)16-11-21-19(25-16)15-4-2-13(10-20)3-5-15/h2-5,11-12,14,17H,6-9H2,1H3,(H,22,24)/t12-,17-/m0/s1. The maximum atomic E-state index is 12.7. The van der Waals surface area contributed by atoms with Crippen LogP contribution in [0.2, 0.25) is 0 Å². The van der Waals surface area contributed by atoms with Crippen molar-refractivity contribution in [3.8, 4) is 16.6 Å². The van der Waals surface area contributed by atoms with Crippen LogP contribution in [0.5, 0.6) is 0 Å². The van der Waals surface area contributed by atoms with Crippen molar-refractivity contribution < 1.29 is 4.79 Å². The van der Waals surface area contributed by atoms with E-state index >= 15 is 0 Å². The number of thiazole rings is 1. The average molecular weight is 352 g/mol. The lowest BCUT2D eigenvalue weighted by Crippen LogP contribution is -2.62. The fourth-order valence-electron chi connectivity index (χ4n) is 3.97. The van der Waals surface area contributed by atoms with Gasteiger partial charge in [-0.05, 0) is 50.9 Å². The van der Waals surface area contributed by atoms with Crippen molar-refractivity contribution in [1.82, 2.24) is 15.2 Å². The molecule has 1 N–H and O–H groups in total. The van der Waals surface area contributed by atoms with Gasteiger partial charge in [0.1, 0.15) is 9.88 Å². The molecule has 5 nitrogen and oxygen atoms in total. The normalized spacial score (nSPS) is 27.7. The Balaban J connectivity index is 1.48. The van der Waals surface area contributed by atoms with E-state index in [9.17, 15) is 4.79 Å². The van der Waals surface area contributed by atoms with Crippen molar-refractivity contribution in [2.24, 2.45) is 5.92 Å². The minimum Gasteiger partial charge on any atom is -0.347 e. The number of piperidine rings is 3. The van der Waals surface area contributed by atoms with Crippen molar-refractivity contribution in [1.29, 1.82) is 5.26 Å². The Morgan fingerprint density at radius 3 is 2.68 bits per heavy atom. The average Bonchev–Trinajstić information content (AvgIpc) is 3.15. The van der Waals surface area contributed by atoms with E-state index in [0.29, 0.717) is 22.4 Å². The van der Waals surface area contributed by atoms with Gasteiger partial charge < -0.3 is 5.32 Å². The number of carbonyl (C=O) groups is 1. The van der Waals surface area contributed by atoms with Crippen molar-refractivity contribution >= 4 is 17.2 Å². The monoisotopic (exact) mass is 352 g/mol. The number of carbonyl (C=O) groups excluding carboxylic acids is 1. The predicted molar refractivity (Wildman–Crippen MR) is 97.3 cm³/mol. The molecular formula is C19H20N4OS. The van der Waals surface area contributed by atoms with E-state index in [0.717, 1.165) is 23.7 Å². The van der Waals surface area contributed by atoms with Crippen LogP contribution in [-0.2, 0) is 0 Å². The minimum absolute atomic E-state index is 0.0250. The molecule has 3 aliphatic rings. The molecule has 3 saturated heterocycles. The van der Waals surface area contributed by atoms with Crippen LogP contribution in [0.1, 0.15) is 35.0 Å². The van der Waals surface area contributed by atoms with Gasteiger partial charge in [-0.15, -0.1) is 11.3 Å². The van der Waals surface area contributed by atoms with Crippen molar-refractivity contribution in [3.63, 3.8) is 0 Å². The van der Waals surface area contributed by atoms with Gasteiger partial charge in [0.2, 0.25) is 0 Å². The summed E-state index contributed by atoms with van der Waals surface area (Å²) in [6.45, 7) is 4.52. The molecule has 128 valence electrons. The van der Waals surface area contributed by atoms with Gasteiger partial charge >= 0.3 is 0 Å². The molecule has 0 saturated carbocycles. The molecule has 1 aromatic carbocycles. The first-order valence-electron chi connectivity index (χ1n) is 8.67. The summed E-state index contributed by atoms with van der Waals surface area (Å²) in [4.78, 5) is 20.2. The van der Waals surface area contributed by atoms with E-state index in [2.05, 4.69) is 28.2 Å². The summed E-state index contributed by atoms with van der Waals surface area (Å²) < 4.78 is 0. The molecule has 2 aromatic rings. The number of fused-ring (bicyclic) bond motifs is 3. The van der Waals surface area contributed by atoms with Gasteiger partial charge in [-0.3, -0.25) is 9.69 Å². The summed E-state index contributed by atoms with van der Waals surface area (Å²) in [5.41, 5.74) is 1.55. The highest BCUT2D eigenvalue weighted by Gasteiger charge is 2.40. The maximum Gasteiger partial charge on any atom is 0.263 e. The SMILES string of the molecule is C[C@H]1[C@H](NC(=O)c2cnc(-c3ccc(C#N)cc3)s2)C2CCN1CC2. The fraction of sp³-hybridized carbons (Fsp3) is 0.421. The Labute approximate surface area is 151 Å². The molecule has 0 unspecified atom stereocenters. The lowest BCUT2D eigenvalue weighted by Gasteiger charge is -2.49. The molecule has 25 heavy (non-hydrogen) atoms. The molecular weight excluding hydrogens is 332 g/mol. The van der Waals surface area contributed by atoms with Gasteiger partial charge in [0.05, 0.1) is 17.8 Å². The Bertz CT molecular complexity index is 813. The summed E-state index contributed by atoms with van der Waals surface area (Å²) in [6, 6.07) is 10.0. The third-order valence-electron chi connectivity index (χ3n) is 5.47. The second-order valence-electron chi connectivity index (χ2n) is 6.83. The van der Waals surface area contributed by atoms with Crippen molar-refractivity contribution in [2.75, 3.05) is 13.1 Å². The van der Waals surface area contributed by atoms with Crippen LogP contribution in [0.25, 0.3) is 10.6 Å². The lowest BCUT2D eigenvalue weighted by atomic mass is 9.79. The van der Waals surface area contributed by atoms with E-state index in [-0.39, 0.29) is 11.9 Å². The first kappa shape index (κ1) is 16.2. The Morgan fingerprint density at radius 2 is 2.04 bits per heavy atom. The molecule has 6 heteroatoms. The Kier molecular flexibility index (Phi) is 4.28. The van der Waals surface area contributed by atoms with E-state index in [1.54, 1.807) is 18.3 Å². The van der Waals surface area contributed by atoms with Gasteiger partial charge in [0.25, 0.3) is 5.91 Å². The molecule has 5 rings (SSSR count). The predicted octanol–water partition coefficient (Wildman–Crippen LogP) is 2.89. The number of nitrogens with one attached hydrogen (secondary N) is 1. The molecule has 0 aliphatic carbocycles. The second kappa shape index (κ2) is 6.58. The number of nitriles is 1. The number of rotatable bonds is 3. The number of hydrogen-bond donors (Lipinski definition) is 1. The molecule has 0 spiro atoms. The summed E-state index contributed by atoms with van der Waals surface area (Å²) in [5, 5.41) is 12.9. The topological polar surface area (TPSA) is 69.0 Å². The van der Waals surface area contributed by atoms with E-state index in [1.165, 1.54) is 24.2 Å². The molecule has 4 heterocycles. The zero-order valence-electron chi connectivity index (χ0n) is 14.1. The molecule has 2 atom stereocenters. The summed E-state index contributed by atoms with van der Waals surface area (Å²) in [7, 11) is 0. The minimum atomic E-state index is -0.0250. The van der Waals surface area contributed by atoms with Gasteiger partial charge in [0, 0.05) is 17.6 Å². The highest BCUT2D eigenvalue weighted by Crippen LogP contribution is 2.32. The molecule has 2 bridgehead atoms. The molecule has 1 amide bonds. The zero-order valence-corrected chi connectivity index (χ0v) is 14.9. The third kappa shape index (κ3) is 3.06. The highest BCUT2D eigenvalue weighted by atomic mass is 32.1. The van der Waals surface area contributed by atoms with E-state index in [1.807, 2.05) is 12.1 Å². The molecule has 3 fully saturated rings. The fourth-order valence-corrected chi connectivity index (χ4v) is 4.79. The first-order valence-corrected chi connectivity index (χ1v) is 9.48. The highest BCUT2D eigenvalue weighted by molar-refractivity contribution is 7.16. The largest absolute Gasteiger partial charge is 0.347 e. The Morgan fingerprint density at radius 1 is 1.32 bits per heavy atom.